The van der Waals surface area contributed by atoms with Crippen molar-refractivity contribution in [1.82, 2.24) is 0 Å². The van der Waals surface area contributed by atoms with E-state index < -0.39 is 17.6 Å². The zero-order valence-electron chi connectivity index (χ0n) is 18.2. The van der Waals surface area contributed by atoms with Crippen molar-refractivity contribution in [1.29, 1.82) is 0 Å². The second-order valence-corrected chi connectivity index (χ2v) is 7.10. The van der Waals surface area contributed by atoms with Crippen molar-refractivity contribution in [2.24, 2.45) is 0 Å². The molecule has 0 fully saturated rings. The molecule has 7 nitrogen and oxygen atoms in total. The first kappa shape index (κ1) is 21.9. The highest BCUT2D eigenvalue weighted by Crippen LogP contribution is 2.39. The summed E-state index contributed by atoms with van der Waals surface area (Å²) in [5, 5.41) is 3.05. The summed E-state index contributed by atoms with van der Waals surface area (Å²) in [5.41, 5.74) is 1.37. The molecule has 0 aromatic heterocycles. The van der Waals surface area contributed by atoms with Crippen LogP contribution in [0.4, 0.5) is 15.8 Å². The van der Waals surface area contributed by atoms with Gasteiger partial charge in [-0.15, -0.1) is 0 Å². The van der Waals surface area contributed by atoms with Crippen molar-refractivity contribution < 1.29 is 28.2 Å². The molecule has 3 aromatic carbocycles. The summed E-state index contributed by atoms with van der Waals surface area (Å²) >= 11 is 0. The lowest BCUT2D eigenvalue weighted by atomic mass is 10.0. The summed E-state index contributed by atoms with van der Waals surface area (Å²) in [6.07, 6.45) is 0. The number of amides is 2. The molecule has 0 unspecified atom stereocenters. The molecule has 4 rings (SSSR count). The number of anilines is 2. The van der Waals surface area contributed by atoms with Gasteiger partial charge in [-0.25, -0.2) is 9.29 Å². The van der Waals surface area contributed by atoms with Gasteiger partial charge >= 0.3 is 0 Å². The summed E-state index contributed by atoms with van der Waals surface area (Å²) in [4.78, 5) is 28.1. The zero-order chi connectivity index (χ0) is 23.5. The van der Waals surface area contributed by atoms with Crippen LogP contribution >= 0.6 is 0 Å². The van der Waals surface area contributed by atoms with E-state index in [0.717, 1.165) is 4.90 Å². The number of rotatable bonds is 7. The van der Waals surface area contributed by atoms with E-state index in [0.29, 0.717) is 22.7 Å². The van der Waals surface area contributed by atoms with Gasteiger partial charge in [0.15, 0.2) is 0 Å². The predicted molar refractivity (Wildman–Crippen MR) is 122 cm³/mol. The normalized spacial score (nSPS) is 13.4. The number of benzene rings is 3. The number of carbonyl (C=O) groups excluding carboxylic acids is 2. The van der Waals surface area contributed by atoms with Gasteiger partial charge in [0, 0.05) is 17.8 Å². The molecule has 33 heavy (non-hydrogen) atoms. The van der Waals surface area contributed by atoms with Gasteiger partial charge in [-0.2, -0.15) is 0 Å². The fourth-order valence-corrected chi connectivity index (χ4v) is 3.56. The first-order valence-electron chi connectivity index (χ1n) is 9.99. The number of nitrogens with one attached hydrogen (secondary N) is 1. The third kappa shape index (κ3) is 4.10. The maximum Gasteiger partial charge on any atom is 0.282 e. The van der Waals surface area contributed by atoms with Crippen molar-refractivity contribution in [2.45, 2.75) is 0 Å². The van der Waals surface area contributed by atoms with Crippen molar-refractivity contribution in [3.05, 3.63) is 83.8 Å². The molecule has 1 aliphatic rings. The van der Waals surface area contributed by atoms with Gasteiger partial charge < -0.3 is 19.5 Å². The minimum absolute atomic E-state index is 0.0535. The monoisotopic (exact) mass is 448 g/mol. The molecule has 0 spiro atoms. The van der Waals surface area contributed by atoms with Gasteiger partial charge in [-0.05, 0) is 42.0 Å². The Morgan fingerprint density at radius 2 is 1.48 bits per heavy atom. The van der Waals surface area contributed by atoms with Crippen molar-refractivity contribution in [3.63, 3.8) is 0 Å². The lowest BCUT2D eigenvalue weighted by Crippen LogP contribution is -2.32. The molecule has 0 saturated heterocycles. The summed E-state index contributed by atoms with van der Waals surface area (Å²) in [7, 11) is 4.47. The third-order valence-corrected chi connectivity index (χ3v) is 5.18. The average Bonchev–Trinajstić information content (AvgIpc) is 3.08. The Morgan fingerprint density at radius 1 is 0.788 bits per heavy atom. The topological polar surface area (TPSA) is 77.1 Å². The maximum atomic E-state index is 13.6. The molecule has 1 heterocycles. The second kappa shape index (κ2) is 9.04. The van der Waals surface area contributed by atoms with E-state index >= 15 is 0 Å². The van der Waals surface area contributed by atoms with Crippen molar-refractivity contribution in [3.8, 4) is 17.2 Å². The van der Waals surface area contributed by atoms with E-state index in [9.17, 15) is 14.0 Å². The van der Waals surface area contributed by atoms with Crippen LogP contribution in [0.25, 0.3) is 5.57 Å². The Labute approximate surface area is 190 Å². The van der Waals surface area contributed by atoms with Gasteiger partial charge in [-0.1, -0.05) is 18.2 Å². The molecule has 0 saturated carbocycles. The van der Waals surface area contributed by atoms with Crippen molar-refractivity contribution in [2.75, 3.05) is 31.5 Å². The molecule has 0 aliphatic carbocycles. The number of ether oxygens (including phenoxy) is 3. The zero-order valence-corrected chi connectivity index (χ0v) is 18.2. The van der Waals surface area contributed by atoms with Crippen LogP contribution in [0.2, 0.25) is 0 Å². The maximum absolute atomic E-state index is 13.6. The lowest BCUT2D eigenvalue weighted by Gasteiger charge is -2.19. The summed E-state index contributed by atoms with van der Waals surface area (Å²) in [6.45, 7) is 0. The van der Waals surface area contributed by atoms with Crippen LogP contribution in [0, 0.1) is 5.82 Å². The van der Waals surface area contributed by atoms with Crippen LogP contribution in [0.5, 0.6) is 17.2 Å². The molecular weight excluding hydrogens is 427 g/mol. The molecule has 1 aliphatic heterocycles. The van der Waals surface area contributed by atoms with E-state index in [1.165, 1.54) is 45.6 Å². The van der Waals surface area contributed by atoms with E-state index in [1.54, 1.807) is 42.5 Å². The highest BCUT2D eigenvalue weighted by Gasteiger charge is 2.41. The summed E-state index contributed by atoms with van der Waals surface area (Å²) in [6, 6.07) is 17.1. The second-order valence-electron chi connectivity index (χ2n) is 7.10. The quantitative estimate of drug-likeness (QED) is 0.545. The minimum Gasteiger partial charge on any atom is -0.497 e. The highest BCUT2D eigenvalue weighted by atomic mass is 19.1. The van der Waals surface area contributed by atoms with Crippen LogP contribution in [0.15, 0.2) is 72.4 Å². The number of carbonyl (C=O) groups is 2. The lowest BCUT2D eigenvalue weighted by molar-refractivity contribution is -0.120. The number of halogens is 1. The van der Waals surface area contributed by atoms with Crippen LogP contribution in [-0.4, -0.2) is 33.1 Å². The SMILES string of the molecule is COc1cccc(NC2=C(c3ccc(F)cc3)C(=O)N(c3ccc(OC)cc3OC)C2=O)c1. The number of hydrogen-bond donors (Lipinski definition) is 1. The predicted octanol–water partition coefficient (Wildman–Crippen LogP) is 4.25. The molecule has 8 heteroatoms. The molecule has 1 N–H and O–H groups in total. The number of methoxy groups -OCH3 is 3. The Kier molecular flexibility index (Phi) is 5.99. The van der Waals surface area contributed by atoms with E-state index in [4.69, 9.17) is 14.2 Å². The smallest absolute Gasteiger partial charge is 0.282 e. The Bertz CT molecular complexity index is 1250. The van der Waals surface area contributed by atoms with Gasteiger partial charge in [0.1, 0.15) is 28.8 Å². The standard InChI is InChI=1S/C25H21FN2O5/c1-31-18-6-4-5-17(13-18)27-23-22(15-7-9-16(26)10-8-15)24(29)28(25(23)30)20-12-11-19(32-2)14-21(20)33-3/h4-14,27H,1-3H3. The first-order chi connectivity index (χ1) is 16.0. The molecule has 2 amide bonds. The third-order valence-electron chi connectivity index (χ3n) is 5.18. The highest BCUT2D eigenvalue weighted by molar-refractivity contribution is 6.46. The fourth-order valence-electron chi connectivity index (χ4n) is 3.56. The van der Waals surface area contributed by atoms with Crippen LogP contribution in [0.1, 0.15) is 5.56 Å². The van der Waals surface area contributed by atoms with Crippen LogP contribution < -0.4 is 24.4 Å². The summed E-state index contributed by atoms with van der Waals surface area (Å²) < 4.78 is 29.4. The molecule has 0 bridgehead atoms. The Morgan fingerprint density at radius 3 is 2.15 bits per heavy atom. The van der Waals surface area contributed by atoms with Crippen LogP contribution in [0.3, 0.4) is 0 Å². The van der Waals surface area contributed by atoms with Gasteiger partial charge in [0.25, 0.3) is 11.8 Å². The Hall–Kier alpha value is -4.33. The van der Waals surface area contributed by atoms with Gasteiger partial charge in [-0.3, -0.25) is 9.59 Å². The van der Waals surface area contributed by atoms with E-state index in [1.807, 2.05) is 0 Å². The van der Waals surface area contributed by atoms with Gasteiger partial charge in [0.2, 0.25) is 0 Å². The molecule has 0 radical (unpaired) electrons. The largest absolute Gasteiger partial charge is 0.497 e. The molecule has 168 valence electrons. The first-order valence-corrected chi connectivity index (χ1v) is 9.99. The molecule has 3 aromatic rings. The number of hydrogen-bond acceptors (Lipinski definition) is 6. The average molecular weight is 448 g/mol. The minimum atomic E-state index is -0.578. The fraction of sp³-hybridized carbons (Fsp3) is 0.120. The van der Waals surface area contributed by atoms with Crippen molar-refractivity contribution >= 4 is 28.8 Å². The van der Waals surface area contributed by atoms with E-state index in [-0.39, 0.29) is 22.7 Å². The Balaban J connectivity index is 1.83. The number of imide groups is 1. The number of nitrogens with zero attached hydrogens (tertiary/aromatic N) is 1. The summed E-state index contributed by atoms with van der Waals surface area (Å²) in [5.74, 6) is -0.221. The molecule has 0 atom stereocenters. The van der Waals surface area contributed by atoms with Crippen LogP contribution in [-0.2, 0) is 9.59 Å². The van der Waals surface area contributed by atoms with E-state index in [2.05, 4.69) is 5.32 Å². The molecular formula is C25H21FN2O5. The van der Waals surface area contributed by atoms with Gasteiger partial charge in [0.05, 0.1) is 32.6 Å².